The van der Waals surface area contributed by atoms with Crippen molar-refractivity contribution >= 4 is 46.7 Å². The van der Waals surface area contributed by atoms with E-state index < -0.39 is 14.7 Å². The van der Waals surface area contributed by atoms with Crippen molar-refractivity contribution in [2.75, 3.05) is 24.5 Å². The molecule has 0 radical (unpaired) electrons. The number of nitro groups is 1. The molecule has 25 heavy (non-hydrogen) atoms. The number of benzene rings is 1. The number of non-ortho nitro benzene ring substituents is 1. The second-order valence-electron chi connectivity index (χ2n) is 6.08. The molecular formula is C16H19N3O4S2. The van der Waals surface area contributed by atoms with Gasteiger partial charge in [0.2, 0.25) is 0 Å². The van der Waals surface area contributed by atoms with Crippen molar-refractivity contribution in [2.45, 2.75) is 29.5 Å². The number of nitro benzene ring substituents is 1. The third-order valence-corrected chi connectivity index (χ3v) is 7.77. The number of thioether (sulfide) groups is 2. The van der Waals surface area contributed by atoms with Crippen LogP contribution in [0, 0.1) is 10.1 Å². The molecule has 0 N–H and O–H groups in total. The lowest BCUT2D eigenvalue weighted by molar-refractivity contribution is -0.384. The fraction of sp³-hybridized carbons (Fsp3) is 0.500. The number of nitrogens with zero attached hydrogens (tertiary/aromatic N) is 3. The third kappa shape index (κ3) is 2.15. The summed E-state index contributed by atoms with van der Waals surface area (Å²) < 4.78 is 0. The number of rotatable bonds is 4. The van der Waals surface area contributed by atoms with Crippen LogP contribution in [0.4, 0.5) is 11.4 Å². The predicted molar refractivity (Wildman–Crippen MR) is 99.8 cm³/mol. The molecule has 0 aliphatic carbocycles. The summed E-state index contributed by atoms with van der Waals surface area (Å²) in [5, 5.41) is 11.2. The summed E-state index contributed by atoms with van der Waals surface area (Å²) in [4.78, 5) is 38.4. The first-order valence-electron chi connectivity index (χ1n) is 7.79. The zero-order chi connectivity index (χ0) is 18.6. The molecule has 2 heterocycles. The highest BCUT2D eigenvalue weighted by Crippen LogP contribution is 2.53. The normalized spacial score (nSPS) is 28.2. The average molecular weight is 381 g/mol. The molecule has 0 bridgehead atoms. The third-order valence-electron chi connectivity index (χ3n) is 5.18. The van der Waals surface area contributed by atoms with Crippen molar-refractivity contribution in [2.24, 2.45) is 0 Å². The van der Waals surface area contributed by atoms with Crippen molar-refractivity contribution in [1.29, 1.82) is 0 Å². The predicted octanol–water partition coefficient (Wildman–Crippen LogP) is 2.48. The maximum Gasteiger partial charge on any atom is 0.271 e. The van der Waals surface area contributed by atoms with Crippen molar-refractivity contribution in [3.63, 3.8) is 0 Å². The molecule has 9 heteroatoms. The van der Waals surface area contributed by atoms with Gasteiger partial charge in [-0.3, -0.25) is 24.6 Å². The molecule has 2 atom stereocenters. The van der Waals surface area contributed by atoms with Gasteiger partial charge in [0.25, 0.3) is 17.5 Å². The number of hydrogen-bond donors (Lipinski definition) is 0. The summed E-state index contributed by atoms with van der Waals surface area (Å²) in [6, 6.07) is 4.48. The molecule has 0 saturated carbocycles. The maximum atomic E-state index is 13.5. The molecule has 2 amide bonds. The lowest BCUT2D eigenvalue weighted by Crippen LogP contribution is -2.73. The molecule has 1 fully saturated rings. The van der Waals surface area contributed by atoms with Crippen LogP contribution in [0.25, 0.3) is 0 Å². The smallest absolute Gasteiger partial charge is 0.271 e. The quantitative estimate of drug-likeness (QED) is 0.588. The highest BCUT2D eigenvalue weighted by Gasteiger charge is 2.64. The van der Waals surface area contributed by atoms with E-state index in [0.29, 0.717) is 18.5 Å². The van der Waals surface area contributed by atoms with Crippen LogP contribution in [-0.4, -0.2) is 50.9 Å². The zero-order valence-corrected chi connectivity index (χ0v) is 16.1. The number of fused-ring (bicyclic) bond motifs is 3. The van der Waals surface area contributed by atoms with E-state index in [0.717, 1.165) is 5.56 Å². The van der Waals surface area contributed by atoms with Gasteiger partial charge in [0, 0.05) is 25.6 Å². The van der Waals surface area contributed by atoms with E-state index >= 15 is 0 Å². The number of anilines is 1. The van der Waals surface area contributed by atoms with Crippen LogP contribution in [0.5, 0.6) is 0 Å². The minimum Gasteiger partial charge on any atom is -0.320 e. The molecule has 134 valence electrons. The van der Waals surface area contributed by atoms with Crippen LogP contribution in [0.1, 0.15) is 18.9 Å². The van der Waals surface area contributed by atoms with E-state index in [-0.39, 0.29) is 17.5 Å². The summed E-state index contributed by atoms with van der Waals surface area (Å²) >= 11 is 2.63. The van der Waals surface area contributed by atoms with Crippen LogP contribution in [0.2, 0.25) is 0 Å². The summed E-state index contributed by atoms with van der Waals surface area (Å²) in [5.41, 5.74) is 1.17. The van der Waals surface area contributed by atoms with Crippen molar-refractivity contribution in [1.82, 2.24) is 4.90 Å². The fourth-order valence-corrected chi connectivity index (χ4v) is 5.64. The first-order chi connectivity index (χ1) is 11.8. The Morgan fingerprint density at radius 3 is 2.44 bits per heavy atom. The Balaban J connectivity index is 2.25. The SMILES string of the molecule is CCC1(SC)C(=O)N2c3cc([N+](=O)[O-])ccc3CC2(SC)C(=O)N1C. The lowest BCUT2D eigenvalue weighted by atomic mass is 10.0. The molecule has 2 unspecified atom stereocenters. The maximum absolute atomic E-state index is 13.5. The van der Waals surface area contributed by atoms with Crippen LogP contribution in [0.3, 0.4) is 0 Å². The Morgan fingerprint density at radius 2 is 1.92 bits per heavy atom. The van der Waals surface area contributed by atoms with Gasteiger partial charge in [-0.25, -0.2) is 0 Å². The van der Waals surface area contributed by atoms with Gasteiger partial charge in [-0.15, -0.1) is 23.5 Å². The Morgan fingerprint density at radius 1 is 1.24 bits per heavy atom. The Kier molecular flexibility index (Phi) is 4.27. The average Bonchev–Trinajstić information content (AvgIpc) is 2.96. The van der Waals surface area contributed by atoms with Gasteiger partial charge in [-0.05, 0) is 30.6 Å². The molecule has 3 rings (SSSR count). The fourth-order valence-electron chi connectivity index (χ4n) is 3.75. The van der Waals surface area contributed by atoms with Gasteiger partial charge in [-0.2, -0.15) is 0 Å². The molecule has 0 aromatic heterocycles. The number of likely N-dealkylation sites (N-methyl/N-ethyl adjacent to an activating group) is 1. The lowest BCUT2D eigenvalue weighted by Gasteiger charge is -2.52. The van der Waals surface area contributed by atoms with Crippen LogP contribution < -0.4 is 4.90 Å². The minimum atomic E-state index is -1.07. The Labute approximate surface area is 154 Å². The van der Waals surface area contributed by atoms with E-state index in [1.807, 2.05) is 13.2 Å². The number of carbonyl (C=O) groups is 2. The van der Waals surface area contributed by atoms with Gasteiger partial charge in [0.1, 0.15) is 0 Å². The summed E-state index contributed by atoms with van der Waals surface area (Å²) in [6.45, 7) is 1.87. The monoisotopic (exact) mass is 381 g/mol. The summed E-state index contributed by atoms with van der Waals surface area (Å²) in [5.74, 6) is -0.340. The van der Waals surface area contributed by atoms with Crippen molar-refractivity contribution in [3.8, 4) is 0 Å². The highest BCUT2D eigenvalue weighted by molar-refractivity contribution is 8.01. The van der Waals surface area contributed by atoms with E-state index in [1.165, 1.54) is 40.6 Å². The number of hydrogen-bond acceptors (Lipinski definition) is 6. The van der Waals surface area contributed by atoms with Gasteiger partial charge in [0.15, 0.2) is 9.74 Å². The van der Waals surface area contributed by atoms with E-state index in [2.05, 4.69) is 0 Å². The molecule has 0 spiro atoms. The van der Waals surface area contributed by atoms with Gasteiger partial charge >= 0.3 is 0 Å². The van der Waals surface area contributed by atoms with Crippen LogP contribution in [0.15, 0.2) is 18.2 Å². The number of amides is 2. The van der Waals surface area contributed by atoms with Gasteiger partial charge in [-0.1, -0.05) is 6.92 Å². The van der Waals surface area contributed by atoms with Crippen LogP contribution >= 0.6 is 23.5 Å². The first-order valence-corrected chi connectivity index (χ1v) is 10.2. The number of carbonyl (C=O) groups excluding carboxylic acids is 2. The molecule has 2 aliphatic heterocycles. The molecule has 7 nitrogen and oxygen atoms in total. The van der Waals surface area contributed by atoms with Gasteiger partial charge in [0.05, 0.1) is 10.6 Å². The van der Waals surface area contributed by atoms with Crippen molar-refractivity contribution in [3.05, 3.63) is 33.9 Å². The Hall–Kier alpha value is -1.74. The van der Waals surface area contributed by atoms with E-state index in [1.54, 1.807) is 24.3 Å². The van der Waals surface area contributed by atoms with Crippen LogP contribution in [-0.2, 0) is 16.0 Å². The summed E-state index contributed by atoms with van der Waals surface area (Å²) in [6.07, 6.45) is 4.41. The van der Waals surface area contributed by atoms with E-state index in [9.17, 15) is 19.7 Å². The minimum absolute atomic E-state index is 0.0823. The second-order valence-corrected chi connectivity index (χ2v) is 8.25. The topological polar surface area (TPSA) is 83.8 Å². The number of piperazine rings is 1. The first kappa shape index (κ1) is 18.1. The van der Waals surface area contributed by atoms with Crippen molar-refractivity contribution < 1.29 is 14.5 Å². The molecular weight excluding hydrogens is 362 g/mol. The largest absolute Gasteiger partial charge is 0.320 e. The second kappa shape index (κ2) is 5.91. The highest BCUT2D eigenvalue weighted by atomic mass is 32.2. The molecule has 1 aromatic rings. The van der Waals surface area contributed by atoms with E-state index in [4.69, 9.17) is 0 Å². The van der Waals surface area contributed by atoms with Gasteiger partial charge < -0.3 is 4.90 Å². The molecule has 1 aromatic carbocycles. The molecule has 2 aliphatic rings. The summed E-state index contributed by atoms with van der Waals surface area (Å²) in [7, 11) is 1.67. The standard InChI is InChI=1S/C16H19N3O4S2/c1-5-15(24-3)14(21)18-12-8-11(19(22)23)7-6-10(12)9-16(18,25-4)13(20)17(15)2/h6-8H,5,9H2,1-4H3. The zero-order valence-electron chi connectivity index (χ0n) is 14.4. The Bertz CT molecular complexity index is 781. The molecule has 1 saturated heterocycles.